The van der Waals surface area contributed by atoms with Crippen molar-refractivity contribution in [3.05, 3.63) is 35.9 Å². The van der Waals surface area contributed by atoms with Crippen molar-refractivity contribution in [3.63, 3.8) is 0 Å². The molecule has 1 aliphatic heterocycles. The monoisotopic (exact) mass is 361 g/mol. The maximum Gasteiger partial charge on any atom is 0.408 e. The highest BCUT2D eigenvalue weighted by molar-refractivity contribution is 5.80. The SMILES string of the molecule is O=C(NC(C(=O)O)C1CCOC2(CCCCC2)C1)OCc1ccccc1. The van der Waals surface area contributed by atoms with Gasteiger partial charge in [-0.05, 0) is 37.2 Å². The molecule has 0 radical (unpaired) electrons. The van der Waals surface area contributed by atoms with Gasteiger partial charge in [-0.25, -0.2) is 9.59 Å². The normalized spacial score (nSPS) is 23.2. The third-order valence-electron chi connectivity index (χ3n) is 5.52. The third-order valence-corrected chi connectivity index (χ3v) is 5.52. The fraction of sp³-hybridized carbons (Fsp3) is 0.600. The molecule has 1 saturated heterocycles. The van der Waals surface area contributed by atoms with Crippen LogP contribution >= 0.6 is 0 Å². The number of rotatable bonds is 5. The lowest BCUT2D eigenvalue weighted by Gasteiger charge is -2.44. The van der Waals surface area contributed by atoms with E-state index in [9.17, 15) is 14.7 Å². The Morgan fingerprint density at radius 1 is 1.23 bits per heavy atom. The molecule has 2 N–H and O–H groups in total. The fourth-order valence-corrected chi connectivity index (χ4v) is 4.17. The second-order valence-corrected chi connectivity index (χ2v) is 7.37. The number of alkyl carbamates (subject to hydrolysis) is 1. The van der Waals surface area contributed by atoms with Crippen LogP contribution in [0.4, 0.5) is 4.79 Å². The average molecular weight is 361 g/mol. The molecule has 1 amide bonds. The number of carboxylic acids is 1. The highest BCUT2D eigenvalue weighted by Crippen LogP contribution is 2.41. The molecular formula is C20H27NO5. The Bertz CT molecular complexity index is 606. The largest absolute Gasteiger partial charge is 0.480 e. The molecule has 1 heterocycles. The third kappa shape index (κ3) is 4.75. The van der Waals surface area contributed by atoms with Gasteiger partial charge in [-0.3, -0.25) is 0 Å². The van der Waals surface area contributed by atoms with Crippen molar-refractivity contribution in [1.29, 1.82) is 0 Å². The number of aliphatic carboxylic acids is 1. The number of amides is 1. The van der Waals surface area contributed by atoms with Crippen molar-refractivity contribution < 1.29 is 24.2 Å². The Hall–Kier alpha value is -2.08. The molecule has 1 saturated carbocycles. The molecule has 6 heteroatoms. The first-order chi connectivity index (χ1) is 12.6. The summed E-state index contributed by atoms with van der Waals surface area (Å²) in [6.07, 6.45) is 6.05. The summed E-state index contributed by atoms with van der Waals surface area (Å²) < 4.78 is 11.2. The van der Waals surface area contributed by atoms with E-state index in [1.54, 1.807) is 0 Å². The molecule has 1 aromatic carbocycles. The Labute approximate surface area is 153 Å². The molecule has 2 atom stereocenters. The maximum absolute atomic E-state index is 12.1. The standard InChI is InChI=1S/C20H27NO5/c22-18(23)17(21-19(24)25-14-15-7-3-1-4-8-15)16-9-12-26-20(13-16)10-5-2-6-11-20/h1,3-4,7-8,16-17H,2,5-6,9-14H2,(H,21,24)(H,22,23). The summed E-state index contributed by atoms with van der Waals surface area (Å²) in [4.78, 5) is 23.9. The van der Waals surface area contributed by atoms with Crippen molar-refractivity contribution in [1.82, 2.24) is 5.32 Å². The lowest BCUT2D eigenvalue weighted by Crippen LogP contribution is -2.52. The number of ether oxygens (including phenoxy) is 2. The zero-order valence-corrected chi connectivity index (χ0v) is 15.0. The van der Waals surface area contributed by atoms with Crippen LogP contribution in [0.2, 0.25) is 0 Å². The Kier molecular flexibility index (Phi) is 6.14. The average Bonchev–Trinajstić information content (AvgIpc) is 2.66. The van der Waals surface area contributed by atoms with Crippen LogP contribution in [0.1, 0.15) is 50.5 Å². The van der Waals surface area contributed by atoms with Gasteiger partial charge in [0.25, 0.3) is 0 Å². The molecule has 3 rings (SSSR count). The quantitative estimate of drug-likeness (QED) is 0.838. The van der Waals surface area contributed by atoms with Crippen LogP contribution < -0.4 is 5.32 Å². The van der Waals surface area contributed by atoms with Crippen molar-refractivity contribution in [2.45, 2.75) is 63.2 Å². The van der Waals surface area contributed by atoms with E-state index in [1.807, 2.05) is 30.3 Å². The summed E-state index contributed by atoms with van der Waals surface area (Å²) in [6, 6.07) is 8.38. The predicted molar refractivity (Wildman–Crippen MR) is 95.7 cm³/mol. The van der Waals surface area contributed by atoms with Crippen molar-refractivity contribution in [2.75, 3.05) is 6.61 Å². The fourth-order valence-electron chi connectivity index (χ4n) is 4.17. The molecule has 2 unspecified atom stereocenters. The second kappa shape index (κ2) is 8.54. The molecule has 142 valence electrons. The zero-order chi connectivity index (χ0) is 18.4. The van der Waals surface area contributed by atoms with E-state index in [-0.39, 0.29) is 18.1 Å². The minimum atomic E-state index is -1.01. The molecule has 2 fully saturated rings. The molecule has 6 nitrogen and oxygen atoms in total. The van der Waals surface area contributed by atoms with Crippen molar-refractivity contribution >= 4 is 12.1 Å². The van der Waals surface area contributed by atoms with Gasteiger partial charge in [0, 0.05) is 6.61 Å². The number of carbonyl (C=O) groups excluding carboxylic acids is 1. The van der Waals surface area contributed by atoms with Gasteiger partial charge < -0.3 is 19.9 Å². The van der Waals surface area contributed by atoms with Crippen molar-refractivity contribution in [2.24, 2.45) is 5.92 Å². The van der Waals surface area contributed by atoms with E-state index in [1.165, 1.54) is 6.42 Å². The Balaban J connectivity index is 1.57. The number of benzene rings is 1. The van der Waals surface area contributed by atoms with Gasteiger partial charge >= 0.3 is 12.1 Å². The molecule has 2 aliphatic rings. The van der Waals surface area contributed by atoms with E-state index in [0.717, 1.165) is 31.2 Å². The van der Waals surface area contributed by atoms with Gasteiger partial charge in [0.15, 0.2) is 0 Å². The van der Waals surface area contributed by atoms with Crippen LogP contribution in [0.25, 0.3) is 0 Å². The summed E-state index contributed by atoms with van der Waals surface area (Å²) in [6.45, 7) is 0.673. The van der Waals surface area contributed by atoms with E-state index >= 15 is 0 Å². The summed E-state index contributed by atoms with van der Waals surface area (Å²) in [5.41, 5.74) is 0.659. The van der Waals surface area contributed by atoms with Crippen LogP contribution in [0, 0.1) is 5.92 Å². The number of carboxylic acid groups (broad SMARTS) is 1. The highest BCUT2D eigenvalue weighted by Gasteiger charge is 2.43. The van der Waals surface area contributed by atoms with Crippen LogP contribution in [0.5, 0.6) is 0 Å². The lowest BCUT2D eigenvalue weighted by atomic mass is 9.74. The first kappa shape index (κ1) is 18.7. The number of hydrogen-bond acceptors (Lipinski definition) is 4. The van der Waals surface area contributed by atoms with Crippen LogP contribution in [-0.4, -0.2) is 35.4 Å². The minimum Gasteiger partial charge on any atom is -0.480 e. The topological polar surface area (TPSA) is 84.9 Å². The van der Waals surface area contributed by atoms with E-state index < -0.39 is 18.1 Å². The number of nitrogens with one attached hydrogen (secondary N) is 1. The van der Waals surface area contributed by atoms with Gasteiger partial charge in [-0.1, -0.05) is 49.6 Å². The number of hydrogen-bond donors (Lipinski definition) is 2. The number of carbonyl (C=O) groups is 2. The Morgan fingerprint density at radius 3 is 2.65 bits per heavy atom. The summed E-state index contributed by atoms with van der Waals surface area (Å²) in [5, 5.41) is 12.2. The van der Waals surface area contributed by atoms with Crippen LogP contribution in [0.15, 0.2) is 30.3 Å². The minimum absolute atomic E-state index is 0.122. The maximum atomic E-state index is 12.1. The van der Waals surface area contributed by atoms with Gasteiger partial charge in [0.05, 0.1) is 5.60 Å². The molecular weight excluding hydrogens is 334 g/mol. The molecule has 26 heavy (non-hydrogen) atoms. The van der Waals surface area contributed by atoms with Crippen LogP contribution in [-0.2, 0) is 20.9 Å². The molecule has 1 aliphatic carbocycles. The highest BCUT2D eigenvalue weighted by atomic mass is 16.5. The smallest absolute Gasteiger partial charge is 0.408 e. The first-order valence-corrected chi connectivity index (χ1v) is 9.42. The second-order valence-electron chi connectivity index (χ2n) is 7.37. The summed E-state index contributed by atoms with van der Waals surface area (Å²) in [5.74, 6) is -1.15. The lowest BCUT2D eigenvalue weighted by molar-refractivity contribution is -0.148. The summed E-state index contributed by atoms with van der Waals surface area (Å²) >= 11 is 0. The van der Waals surface area contributed by atoms with E-state index in [0.29, 0.717) is 19.4 Å². The first-order valence-electron chi connectivity index (χ1n) is 9.42. The summed E-state index contributed by atoms with van der Waals surface area (Å²) in [7, 11) is 0. The molecule has 0 bridgehead atoms. The van der Waals surface area contributed by atoms with Gasteiger partial charge in [-0.15, -0.1) is 0 Å². The predicted octanol–water partition coefficient (Wildman–Crippen LogP) is 3.50. The molecule has 1 aromatic rings. The van der Waals surface area contributed by atoms with E-state index in [2.05, 4.69) is 5.32 Å². The van der Waals surface area contributed by atoms with Crippen molar-refractivity contribution in [3.8, 4) is 0 Å². The van der Waals surface area contributed by atoms with Gasteiger partial charge in [0.2, 0.25) is 0 Å². The van der Waals surface area contributed by atoms with Crippen LogP contribution in [0.3, 0.4) is 0 Å². The zero-order valence-electron chi connectivity index (χ0n) is 15.0. The van der Waals surface area contributed by atoms with Gasteiger partial charge in [0.1, 0.15) is 12.6 Å². The molecule has 1 spiro atoms. The van der Waals surface area contributed by atoms with Gasteiger partial charge in [-0.2, -0.15) is 0 Å². The van der Waals surface area contributed by atoms with E-state index in [4.69, 9.17) is 9.47 Å². The Morgan fingerprint density at radius 2 is 1.96 bits per heavy atom. The molecule has 0 aromatic heterocycles.